The van der Waals surface area contributed by atoms with Gasteiger partial charge in [0.1, 0.15) is 0 Å². The molecule has 0 N–H and O–H groups in total. The van der Waals surface area contributed by atoms with Crippen LogP contribution in [-0.4, -0.2) is 11.9 Å². The lowest BCUT2D eigenvalue weighted by molar-refractivity contribution is 0.611. The van der Waals surface area contributed by atoms with Gasteiger partial charge >= 0.3 is 0 Å². The van der Waals surface area contributed by atoms with Crippen LogP contribution in [0.2, 0.25) is 0 Å². The van der Waals surface area contributed by atoms with Gasteiger partial charge in [-0.25, -0.2) is 0 Å². The third-order valence-corrected chi connectivity index (χ3v) is 7.05. The van der Waals surface area contributed by atoms with Crippen LogP contribution >= 0.6 is 59.6 Å². The minimum absolute atomic E-state index is 1.09. The molecule has 1 nitrogen and oxygen atoms in total. The highest BCUT2D eigenvalue weighted by Gasteiger charge is 2.23. The van der Waals surface area contributed by atoms with E-state index in [0.717, 1.165) is 20.8 Å². The fraction of sp³-hybridized carbons (Fsp3) is 0.400. The molecule has 25 heavy (non-hydrogen) atoms. The second-order valence-corrected chi connectivity index (χ2v) is 10.00. The Hall–Kier alpha value is 0.0300. The first-order chi connectivity index (χ1) is 12.2. The molecule has 2 aromatic carbocycles. The van der Waals surface area contributed by atoms with Crippen LogP contribution in [-0.2, 0) is 0 Å². The van der Waals surface area contributed by atoms with Gasteiger partial charge in [-0.05, 0) is 49.2 Å². The lowest BCUT2D eigenvalue weighted by atomic mass is 10.1. The summed E-state index contributed by atoms with van der Waals surface area (Å²) in [7, 11) is 0. The van der Waals surface area contributed by atoms with Crippen LogP contribution in [0.4, 0.5) is 11.4 Å². The largest absolute Gasteiger partial charge is 0.340 e. The number of hydrogen-bond donors (Lipinski definition) is 0. The van der Waals surface area contributed by atoms with Crippen LogP contribution in [0, 0.1) is 0 Å². The maximum absolute atomic E-state index is 3.61. The van der Waals surface area contributed by atoms with Gasteiger partial charge in [-0.2, -0.15) is 0 Å². The molecule has 2 aromatic rings. The first-order valence-corrected chi connectivity index (χ1v) is 12.3. The minimum atomic E-state index is 1.09. The molecule has 1 aliphatic heterocycles. The number of nitrogens with zero attached hydrogens (tertiary/aromatic N) is 1. The fourth-order valence-corrected chi connectivity index (χ4v) is 5.74. The number of fused-ring (bicyclic) bond motifs is 2. The quantitative estimate of drug-likeness (QED) is 0.240. The average Bonchev–Trinajstić information content (AvgIpc) is 2.59. The molecule has 0 unspecified atom stereocenters. The van der Waals surface area contributed by atoms with E-state index in [1.54, 1.807) is 0 Å². The van der Waals surface area contributed by atoms with Gasteiger partial charge < -0.3 is 4.90 Å². The Morgan fingerprint density at radius 1 is 0.720 bits per heavy atom. The number of rotatable bonds is 8. The lowest BCUT2D eigenvalue weighted by Crippen LogP contribution is -2.22. The molecule has 1 heterocycles. The van der Waals surface area contributed by atoms with Gasteiger partial charge in [-0.15, -0.1) is 0 Å². The van der Waals surface area contributed by atoms with Crippen molar-refractivity contribution in [1.82, 2.24) is 0 Å². The Balaban J connectivity index is 1.70. The highest BCUT2D eigenvalue weighted by Crippen LogP contribution is 2.49. The molecule has 0 bridgehead atoms. The van der Waals surface area contributed by atoms with Crippen LogP contribution in [0.5, 0.6) is 0 Å². The molecule has 5 heteroatoms. The Morgan fingerprint density at radius 3 is 1.80 bits per heavy atom. The van der Waals surface area contributed by atoms with Crippen molar-refractivity contribution in [3.8, 4) is 0 Å². The summed E-state index contributed by atoms with van der Waals surface area (Å²) in [6, 6.07) is 13.3. The van der Waals surface area contributed by atoms with Crippen LogP contribution in [0.15, 0.2) is 55.1 Å². The van der Waals surface area contributed by atoms with Gasteiger partial charge in [0.15, 0.2) is 0 Å². The third-order valence-electron chi connectivity index (χ3n) is 4.41. The van der Waals surface area contributed by atoms with Gasteiger partial charge in [0.25, 0.3) is 0 Å². The molecular weight excluding hydrogens is 526 g/mol. The normalized spacial score (nSPS) is 12.8. The minimum Gasteiger partial charge on any atom is -0.340 e. The van der Waals surface area contributed by atoms with E-state index >= 15 is 0 Å². The van der Waals surface area contributed by atoms with Gasteiger partial charge in [0.05, 0.1) is 11.4 Å². The van der Waals surface area contributed by atoms with Gasteiger partial charge in [0.2, 0.25) is 0 Å². The summed E-state index contributed by atoms with van der Waals surface area (Å²) < 4.78 is 2.29. The molecule has 134 valence electrons. The zero-order valence-electron chi connectivity index (χ0n) is 14.1. The lowest BCUT2D eigenvalue weighted by Gasteiger charge is -2.33. The maximum Gasteiger partial charge on any atom is 0.0553 e. The molecule has 0 saturated carbocycles. The average molecular weight is 548 g/mol. The SMILES string of the molecule is BrCCCCCCCCN1c2ccc(Br)cc2Sc2cc(Br)ccc21. The first-order valence-electron chi connectivity index (χ1n) is 8.79. The number of hydrogen-bond acceptors (Lipinski definition) is 2. The van der Waals surface area contributed by atoms with Crippen LogP contribution in [0.25, 0.3) is 0 Å². The molecule has 0 aliphatic carbocycles. The molecule has 3 rings (SSSR count). The predicted molar refractivity (Wildman–Crippen MR) is 121 cm³/mol. The van der Waals surface area contributed by atoms with E-state index in [1.807, 2.05) is 11.8 Å². The standard InChI is InChI=1S/C20H22Br3NS/c21-11-5-3-1-2-4-6-12-24-17-9-7-15(22)13-19(17)25-20-14-16(23)8-10-18(20)24/h7-10,13-14H,1-6,11-12H2. The van der Waals surface area contributed by atoms with Crippen molar-refractivity contribution in [2.24, 2.45) is 0 Å². The van der Waals surface area contributed by atoms with Crippen molar-refractivity contribution in [3.05, 3.63) is 45.3 Å². The van der Waals surface area contributed by atoms with E-state index in [0.29, 0.717) is 0 Å². The summed E-state index contributed by atoms with van der Waals surface area (Å²) in [5, 5.41) is 1.14. The van der Waals surface area contributed by atoms with Crippen LogP contribution in [0.3, 0.4) is 0 Å². The number of anilines is 2. The zero-order chi connectivity index (χ0) is 17.6. The summed E-state index contributed by atoms with van der Waals surface area (Å²) in [5.41, 5.74) is 2.67. The van der Waals surface area contributed by atoms with Crippen molar-refractivity contribution >= 4 is 70.9 Å². The van der Waals surface area contributed by atoms with E-state index in [1.165, 1.54) is 59.7 Å². The molecule has 0 spiro atoms. The van der Waals surface area contributed by atoms with Gasteiger partial charge in [-0.3, -0.25) is 0 Å². The Kier molecular flexibility index (Phi) is 7.77. The smallest absolute Gasteiger partial charge is 0.0553 e. The van der Waals surface area contributed by atoms with Crippen molar-refractivity contribution in [1.29, 1.82) is 0 Å². The number of benzene rings is 2. The summed E-state index contributed by atoms with van der Waals surface area (Å²) in [6.45, 7) is 1.09. The van der Waals surface area contributed by atoms with Gasteiger partial charge in [0, 0.05) is 30.6 Å². The van der Waals surface area contributed by atoms with E-state index in [9.17, 15) is 0 Å². The Morgan fingerprint density at radius 2 is 1.24 bits per heavy atom. The molecule has 0 saturated heterocycles. The second kappa shape index (κ2) is 9.82. The van der Waals surface area contributed by atoms with Crippen molar-refractivity contribution in [2.75, 3.05) is 16.8 Å². The molecule has 0 atom stereocenters. The molecular formula is C20H22Br3NS. The molecule has 0 amide bonds. The van der Waals surface area contributed by atoms with Crippen LogP contribution < -0.4 is 4.90 Å². The highest BCUT2D eigenvalue weighted by molar-refractivity contribution is 9.10. The predicted octanol–water partition coefficient (Wildman–Crippen LogP) is 8.55. The Labute approximate surface area is 180 Å². The van der Waals surface area contributed by atoms with E-state index in [2.05, 4.69) is 89.1 Å². The van der Waals surface area contributed by atoms with E-state index in [4.69, 9.17) is 0 Å². The van der Waals surface area contributed by atoms with Crippen molar-refractivity contribution < 1.29 is 0 Å². The molecule has 0 aromatic heterocycles. The number of halogens is 3. The molecule has 0 fully saturated rings. The Bertz CT molecular complexity index is 669. The highest BCUT2D eigenvalue weighted by atomic mass is 79.9. The molecule has 0 radical (unpaired) electrons. The summed E-state index contributed by atoms with van der Waals surface area (Å²) in [6.07, 6.45) is 7.89. The second-order valence-electron chi connectivity index (χ2n) is 6.29. The zero-order valence-corrected chi connectivity index (χ0v) is 19.7. The third kappa shape index (κ3) is 5.27. The number of unbranched alkanes of at least 4 members (excludes halogenated alkanes) is 5. The molecule has 1 aliphatic rings. The monoisotopic (exact) mass is 545 g/mol. The summed E-state index contributed by atoms with van der Waals surface area (Å²) in [4.78, 5) is 5.16. The van der Waals surface area contributed by atoms with Gasteiger partial charge in [-0.1, -0.05) is 85.2 Å². The topological polar surface area (TPSA) is 3.24 Å². The van der Waals surface area contributed by atoms with Crippen LogP contribution in [0.1, 0.15) is 38.5 Å². The van der Waals surface area contributed by atoms with Crippen molar-refractivity contribution in [3.63, 3.8) is 0 Å². The summed E-state index contributed by atoms with van der Waals surface area (Å²) >= 11 is 12.6. The summed E-state index contributed by atoms with van der Waals surface area (Å²) in [5.74, 6) is 0. The van der Waals surface area contributed by atoms with E-state index < -0.39 is 0 Å². The number of alkyl halides is 1. The fourth-order valence-electron chi connectivity index (χ4n) is 3.15. The van der Waals surface area contributed by atoms with E-state index in [-0.39, 0.29) is 0 Å². The maximum atomic E-state index is 3.61. The van der Waals surface area contributed by atoms with Crippen molar-refractivity contribution in [2.45, 2.75) is 48.3 Å². The first kappa shape index (κ1) is 19.8.